The minimum Gasteiger partial charge on any atom is -0.479 e. The third-order valence-electron chi connectivity index (χ3n) is 5.89. The molecule has 3 aromatic heterocycles. The molecule has 1 aliphatic rings. The van der Waals surface area contributed by atoms with Gasteiger partial charge in [-0.15, -0.1) is 5.10 Å². The molecule has 35 heavy (non-hydrogen) atoms. The molecule has 1 fully saturated rings. The molecule has 1 aliphatic heterocycles. The van der Waals surface area contributed by atoms with Gasteiger partial charge in [-0.05, 0) is 31.1 Å². The van der Waals surface area contributed by atoms with E-state index in [1.165, 1.54) is 24.1 Å². The smallest absolute Gasteiger partial charge is 0.280 e. The lowest BCUT2D eigenvalue weighted by molar-refractivity contribution is -0.0675. The molecule has 1 unspecified atom stereocenters. The number of fused-ring (bicyclic) bond motifs is 2. The maximum absolute atomic E-state index is 15.2. The van der Waals surface area contributed by atoms with Gasteiger partial charge in [0, 0.05) is 10.7 Å². The average molecular weight is 498 g/mol. The molecule has 0 aliphatic carbocycles. The van der Waals surface area contributed by atoms with Crippen molar-refractivity contribution in [1.29, 1.82) is 0 Å². The fourth-order valence-electron chi connectivity index (χ4n) is 4.28. The fourth-order valence-corrected chi connectivity index (χ4v) is 4.28. The predicted molar refractivity (Wildman–Crippen MR) is 119 cm³/mol. The highest BCUT2D eigenvalue weighted by Gasteiger charge is 2.44. The standard InChI is InChI=1S/C22H22F5N7O/c1-32-6-5-16(22(26,27)10-32)29-21-30-20(35-2)19-18(13(23)8-34(19)31-21)12-3-4-14-15(7-12)33(11-28-14)9-17(24)25/h3-4,7-8,11,16-17H,5-6,9-10H2,1-2H3,(H,29,31)/i1D3. The predicted octanol–water partition coefficient (Wildman–Crippen LogP) is 3.91. The first-order valence-corrected chi connectivity index (χ1v) is 10.6. The van der Waals surface area contributed by atoms with Crippen LogP contribution in [0.5, 0.6) is 5.88 Å². The summed E-state index contributed by atoms with van der Waals surface area (Å²) in [6.45, 7) is -4.31. The van der Waals surface area contributed by atoms with Gasteiger partial charge in [0.05, 0.1) is 55.4 Å². The summed E-state index contributed by atoms with van der Waals surface area (Å²) in [7, 11) is 1.27. The number of benzene rings is 1. The van der Waals surface area contributed by atoms with Crippen LogP contribution in [0.3, 0.4) is 0 Å². The zero-order valence-electron chi connectivity index (χ0n) is 21.4. The molecule has 1 aromatic carbocycles. The summed E-state index contributed by atoms with van der Waals surface area (Å²) in [6, 6.07) is 3.16. The van der Waals surface area contributed by atoms with E-state index in [0.717, 1.165) is 15.6 Å². The van der Waals surface area contributed by atoms with Crippen LogP contribution in [0.15, 0.2) is 30.7 Å². The Bertz CT molecular complexity index is 1490. The number of piperidine rings is 1. The fraction of sp³-hybridized carbons (Fsp3) is 0.409. The Morgan fingerprint density at radius 3 is 2.89 bits per heavy atom. The molecule has 0 bridgehead atoms. The molecule has 4 aromatic rings. The Hall–Kier alpha value is -3.48. The van der Waals surface area contributed by atoms with Crippen molar-refractivity contribution >= 4 is 22.5 Å². The molecule has 0 spiro atoms. The number of aromatic nitrogens is 5. The number of nitrogens with one attached hydrogen (secondary N) is 1. The second-order valence-corrected chi connectivity index (χ2v) is 8.25. The maximum Gasteiger partial charge on any atom is 0.280 e. The number of anilines is 1. The summed E-state index contributed by atoms with van der Waals surface area (Å²) in [5.41, 5.74) is 1.25. The zero-order valence-corrected chi connectivity index (χ0v) is 18.4. The summed E-state index contributed by atoms with van der Waals surface area (Å²) in [6.07, 6.45) is -0.520. The van der Waals surface area contributed by atoms with Crippen molar-refractivity contribution in [1.82, 2.24) is 29.0 Å². The molecule has 1 saturated heterocycles. The van der Waals surface area contributed by atoms with Crippen LogP contribution in [-0.2, 0) is 6.54 Å². The van der Waals surface area contributed by atoms with Crippen LogP contribution >= 0.6 is 0 Å². The molecule has 13 heteroatoms. The number of rotatable bonds is 6. The Morgan fingerprint density at radius 1 is 1.34 bits per heavy atom. The largest absolute Gasteiger partial charge is 0.479 e. The van der Waals surface area contributed by atoms with Gasteiger partial charge >= 0.3 is 0 Å². The van der Waals surface area contributed by atoms with Gasteiger partial charge in [-0.2, -0.15) is 4.98 Å². The Morgan fingerprint density at radius 2 is 2.17 bits per heavy atom. The minimum absolute atomic E-state index is 0.0245. The lowest BCUT2D eigenvalue weighted by Crippen LogP contribution is -2.53. The summed E-state index contributed by atoms with van der Waals surface area (Å²) < 4.78 is 101. The molecular formula is C22H22F5N7O. The Kier molecular flexibility index (Phi) is 4.88. The Labute approximate surface area is 200 Å². The van der Waals surface area contributed by atoms with Gasteiger partial charge < -0.3 is 19.5 Å². The van der Waals surface area contributed by atoms with E-state index in [1.807, 2.05) is 0 Å². The first kappa shape index (κ1) is 19.8. The van der Waals surface area contributed by atoms with Crippen LogP contribution in [0.25, 0.3) is 27.7 Å². The van der Waals surface area contributed by atoms with E-state index < -0.39 is 44.3 Å². The van der Waals surface area contributed by atoms with Gasteiger partial charge in [0.15, 0.2) is 5.82 Å². The number of likely N-dealkylation sites (tertiary alicyclic amines) is 1. The molecule has 186 valence electrons. The summed E-state index contributed by atoms with van der Waals surface area (Å²) in [4.78, 5) is 8.97. The normalized spacial score (nSPS) is 20.2. The van der Waals surface area contributed by atoms with Gasteiger partial charge in [0.25, 0.3) is 12.3 Å². The number of nitrogens with zero attached hydrogens (tertiary/aromatic N) is 6. The van der Waals surface area contributed by atoms with Crippen LogP contribution in [0.1, 0.15) is 10.5 Å². The third-order valence-corrected chi connectivity index (χ3v) is 5.89. The first-order chi connectivity index (χ1) is 17.9. The van der Waals surface area contributed by atoms with Crippen LogP contribution in [-0.4, -0.2) is 74.6 Å². The topological polar surface area (TPSA) is 72.5 Å². The van der Waals surface area contributed by atoms with E-state index in [2.05, 4.69) is 20.4 Å². The lowest BCUT2D eigenvalue weighted by atomic mass is 10.0. The number of hydrogen-bond acceptors (Lipinski definition) is 6. The van der Waals surface area contributed by atoms with Crippen molar-refractivity contribution in [3.8, 4) is 17.0 Å². The summed E-state index contributed by atoms with van der Waals surface area (Å²) >= 11 is 0. The molecule has 8 nitrogen and oxygen atoms in total. The van der Waals surface area contributed by atoms with E-state index in [9.17, 15) is 17.6 Å². The SMILES string of the molecule is [2H]C([2H])([2H])N1CCC(Nc2nc(OC)c3c(-c4ccc5ncn(CC(F)F)c5c4)c(F)cn3n2)C(F)(F)C1. The van der Waals surface area contributed by atoms with Crippen LogP contribution in [0, 0.1) is 5.82 Å². The highest BCUT2D eigenvalue weighted by atomic mass is 19.3. The first-order valence-electron chi connectivity index (χ1n) is 12.1. The molecule has 0 saturated carbocycles. The summed E-state index contributed by atoms with van der Waals surface area (Å²) in [5.74, 6) is -4.54. The number of ether oxygens (including phenoxy) is 1. The van der Waals surface area contributed by atoms with E-state index in [0.29, 0.717) is 16.6 Å². The molecule has 5 rings (SSSR count). The van der Waals surface area contributed by atoms with E-state index in [1.54, 1.807) is 12.1 Å². The molecular weight excluding hydrogens is 473 g/mol. The number of hydrogen-bond donors (Lipinski definition) is 1. The monoisotopic (exact) mass is 498 g/mol. The maximum atomic E-state index is 15.2. The number of imidazole rings is 1. The molecule has 1 atom stereocenters. The van der Waals surface area contributed by atoms with Gasteiger partial charge in [-0.3, -0.25) is 0 Å². The summed E-state index contributed by atoms with van der Waals surface area (Å²) in [5, 5.41) is 6.66. The number of methoxy groups -OCH3 is 1. The van der Waals surface area contributed by atoms with E-state index in [-0.39, 0.29) is 35.9 Å². The van der Waals surface area contributed by atoms with Gasteiger partial charge in [0.1, 0.15) is 5.52 Å². The van der Waals surface area contributed by atoms with E-state index in [4.69, 9.17) is 8.85 Å². The minimum atomic E-state index is -3.41. The van der Waals surface area contributed by atoms with E-state index >= 15 is 4.39 Å². The van der Waals surface area contributed by atoms with Gasteiger partial charge in [-0.25, -0.2) is 31.5 Å². The average Bonchev–Trinajstić information content (AvgIpc) is 3.38. The molecule has 1 N–H and O–H groups in total. The van der Waals surface area contributed by atoms with Crippen molar-refractivity contribution in [3.05, 3.63) is 36.5 Å². The lowest BCUT2D eigenvalue weighted by Gasteiger charge is -2.36. The quantitative estimate of drug-likeness (QED) is 0.407. The second kappa shape index (κ2) is 8.63. The van der Waals surface area contributed by atoms with Crippen molar-refractivity contribution in [3.63, 3.8) is 0 Å². The van der Waals surface area contributed by atoms with Crippen molar-refractivity contribution in [2.75, 3.05) is 32.5 Å². The molecule has 0 amide bonds. The highest BCUT2D eigenvalue weighted by molar-refractivity contribution is 5.90. The van der Waals surface area contributed by atoms with Gasteiger partial charge in [0.2, 0.25) is 11.8 Å². The molecule has 0 radical (unpaired) electrons. The van der Waals surface area contributed by atoms with Crippen molar-refractivity contribution in [2.45, 2.75) is 31.4 Å². The number of halogens is 5. The third kappa shape index (κ3) is 4.24. The second-order valence-electron chi connectivity index (χ2n) is 8.25. The highest BCUT2D eigenvalue weighted by Crippen LogP contribution is 2.36. The van der Waals surface area contributed by atoms with Crippen LogP contribution in [0.2, 0.25) is 0 Å². The zero-order chi connectivity index (χ0) is 27.4. The molecule has 4 heterocycles. The van der Waals surface area contributed by atoms with Crippen molar-refractivity contribution in [2.24, 2.45) is 0 Å². The van der Waals surface area contributed by atoms with Crippen LogP contribution < -0.4 is 10.1 Å². The Balaban J connectivity index is 1.51. The van der Waals surface area contributed by atoms with Crippen molar-refractivity contribution < 1.29 is 30.8 Å². The van der Waals surface area contributed by atoms with Gasteiger partial charge in [-0.1, -0.05) is 6.07 Å². The van der Waals surface area contributed by atoms with Crippen LogP contribution in [0.4, 0.5) is 27.9 Å². The number of alkyl halides is 4.